The number of benzene rings is 2. The maximum atomic E-state index is 13.1. The van der Waals surface area contributed by atoms with Crippen LogP contribution in [0.5, 0.6) is 5.75 Å². The van der Waals surface area contributed by atoms with Crippen LogP contribution in [0.25, 0.3) is 0 Å². The number of carbonyl (C=O) groups is 1. The van der Waals surface area contributed by atoms with E-state index in [1.807, 2.05) is 30.3 Å². The second kappa shape index (κ2) is 7.67. The molecule has 2 aromatic rings. The third-order valence-corrected chi connectivity index (χ3v) is 6.60. The maximum Gasteiger partial charge on any atom is 0.341 e. The zero-order chi connectivity index (χ0) is 19.6. The molecule has 0 saturated carbocycles. The van der Waals surface area contributed by atoms with Crippen molar-refractivity contribution < 1.29 is 22.7 Å². The van der Waals surface area contributed by atoms with Gasteiger partial charge in [-0.2, -0.15) is 4.31 Å². The normalized spacial score (nSPS) is 20.4. The van der Waals surface area contributed by atoms with Gasteiger partial charge < -0.3 is 15.2 Å². The minimum atomic E-state index is -3.81. The summed E-state index contributed by atoms with van der Waals surface area (Å²) in [7, 11) is -1.18. The predicted octanol–water partition coefficient (Wildman–Crippen LogP) is 1.60. The molecule has 0 spiro atoms. The number of nitrogens with zero attached hydrogens (tertiary/aromatic N) is 1. The van der Waals surface area contributed by atoms with E-state index in [9.17, 15) is 13.2 Å². The molecule has 0 radical (unpaired) electrons. The van der Waals surface area contributed by atoms with Crippen molar-refractivity contribution in [2.24, 2.45) is 5.73 Å². The topological polar surface area (TPSA) is 98.9 Å². The van der Waals surface area contributed by atoms with E-state index in [2.05, 4.69) is 0 Å². The van der Waals surface area contributed by atoms with Crippen LogP contribution >= 0.6 is 0 Å². The van der Waals surface area contributed by atoms with Crippen LogP contribution in [0.2, 0.25) is 0 Å². The Balaban J connectivity index is 1.92. The van der Waals surface area contributed by atoms with Crippen molar-refractivity contribution >= 4 is 16.0 Å². The largest absolute Gasteiger partial charge is 0.496 e. The average molecular weight is 390 g/mol. The SMILES string of the molecule is COC(=O)c1cc(S(=O)(=O)N2C[C@@H](N)[C@H](c3ccccc3)C2)ccc1OC. The highest BCUT2D eigenvalue weighted by Crippen LogP contribution is 2.32. The number of nitrogens with two attached hydrogens (primary N) is 1. The molecule has 27 heavy (non-hydrogen) atoms. The highest BCUT2D eigenvalue weighted by molar-refractivity contribution is 7.89. The molecule has 0 unspecified atom stereocenters. The summed E-state index contributed by atoms with van der Waals surface area (Å²) in [6.45, 7) is 0.495. The van der Waals surface area contributed by atoms with Gasteiger partial charge >= 0.3 is 5.97 Å². The van der Waals surface area contributed by atoms with Crippen LogP contribution in [0, 0.1) is 0 Å². The first kappa shape index (κ1) is 19.3. The van der Waals surface area contributed by atoms with E-state index in [-0.39, 0.29) is 41.3 Å². The fourth-order valence-corrected chi connectivity index (χ4v) is 4.84. The fourth-order valence-electron chi connectivity index (χ4n) is 3.31. The Kier molecular flexibility index (Phi) is 5.50. The van der Waals surface area contributed by atoms with Crippen LogP contribution in [-0.4, -0.2) is 52.0 Å². The van der Waals surface area contributed by atoms with Crippen LogP contribution in [0.4, 0.5) is 0 Å². The maximum absolute atomic E-state index is 13.1. The number of rotatable bonds is 5. The van der Waals surface area contributed by atoms with Crippen molar-refractivity contribution in [3.8, 4) is 5.75 Å². The van der Waals surface area contributed by atoms with E-state index in [1.165, 1.54) is 36.7 Å². The van der Waals surface area contributed by atoms with E-state index in [0.29, 0.717) is 0 Å². The molecule has 1 saturated heterocycles. The lowest BCUT2D eigenvalue weighted by molar-refractivity contribution is 0.0596. The summed E-state index contributed by atoms with van der Waals surface area (Å²) >= 11 is 0. The summed E-state index contributed by atoms with van der Waals surface area (Å²) in [4.78, 5) is 12.0. The lowest BCUT2D eigenvalue weighted by atomic mass is 9.95. The summed E-state index contributed by atoms with van der Waals surface area (Å²) in [6, 6.07) is 13.5. The van der Waals surface area contributed by atoms with Gasteiger partial charge in [-0.15, -0.1) is 0 Å². The summed E-state index contributed by atoms with van der Waals surface area (Å²) in [5.41, 5.74) is 7.29. The number of ether oxygens (including phenoxy) is 2. The highest BCUT2D eigenvalue weighted by Gasteiger charge is 2.38. The predicted molar refractivity (Wildman–Crippen MR) is 100 cm³/mol. The van der Waals surface area contributed by atoms with E-state index in [4.69, 9.17) is 15.2 Å². The standard InChI is InChI=1S/C19H22N2O5S/c1-25-18-9-8-14(10-15(18)19(22)26-2)27(23,24)21-11-16(17(20)12-21)13-6-4-3-5-7-13/h3-10,16-17H,11-12,20H2,1-2H3/t16-,17+/m0/s1. The Labute approximate surface area is 158 Å². The molecule has 1 aliphatic heterocycles. The van der Waals surface area contributed by atoms with Crippen molar-refractivity contribution in [3.63, 3.8) is 0 Å². The first-order chi connectivity index (χ1) is 12.9. The molecule has 2 aromatic carbocycles. The molecule has 2 atom stereocenters. The molecule has 1 fully saturated rings. The van der Waals surface area contributed by atoms with Crippen LogP contribution in [0.3, 0.4) is 0 Å². The Hall–Kier alpha value is -2.42. The van der Waals surface area contributed by atoms with Crippen molar-refractivity contribution in [1.82, 2.24) is 4.31 Å². The first-order valence-electron chi connectivity index (χ1n) is 8.45. The molecule has 1 heterocycles. The number of methoxy groups -OCH3 is 2. The van der Waals surface area contributed by atoms with Crippen LogP contribution in [0.1, 0.15) is 21.8 Å². The molecular formula is C19H22N2O5S. The quantitative estimate of drug-likeness (QED) is 0.779. The van der Waals surface area contributed by atoms with Gasteiger partial charge in [0.1, 0.15) is 11.3 Å². The molecule has 1 aliphatic rings. The molecule has 3 rings (SSSR count). The summed E-state index contributed by atoms with van der Waals surface area (Å²) in [6.07, 6.45) is 0. The van der Waals surface area contributed by atoms with Gasteiger partial charge in [0.25, 0.3) is 0 Å². The monoisotopic (exact) mass is 390 g/mol. The van der Waals surface area contributed by atoms with Crippen LogP contribution in [-0.2, 0) is 14.8 Å². The van der Waals surface area contributed by atoms with Crippen LogP contribution < -0.4 is 10.5 Å². The van der Waals surface area contributed by atoms with Crippen molar-refractivity contribution in [2.45, 2.75) is 16.9 Å². The Morgan fingerprint density at radius 3 is 2.44 bits per heavy atom. The van der Waals surface area contributed by atoms with Gasteiger partial charge in [-0.3, -0.25) is 0 Å². The lowest BCUT2D eigenvalue weighted by Gasteiger charge is -2.17. The zero-order valence-corrected chi connectivity index (χ0v) is 16.0. The van der Waals surface area contributed by atoms with E-state index in [1.54, 1.807) is 0 Å². The first-order valence-corrected chi connectivity index (χ1v) is 9.89. The second-order valence-corrected chi connectivity index (χ2v) is 8.29. The van der Waals surface area contributed by atoms with E-state index in [0.717, 1.165) is 5.56 Å². The second-order valence-electron chi connectivity index (χ2n) is 6.36. The highest BCUT2D eigenvalue weighted by atomic mass is 32.2. The smallest absolute Gasteiger partial charge is 0.341 e. The van der Waals surface area contributed by atoms with Gasteiger partial charge in [-0.05, 0) is 23.8 Å². The summed E-state index contributed by atoms with van der Waals surface area (Å²) in [5, 5.41) is 0. The van der Waals surface area contributed by atoms with Crippen LogP contribution in [0.15, 0.2) is 53.4 Å². The molecule has 0 aromatic heterocycles. The Morgan fingerprint density at radius 2 is 1.81 bits per heavy atom. The molecule has 2 N–H and O–H groups in total. The molecule has 0 amide bonds. The number of sulfonamides is 1. The number of hydrogen-bond donors (Lipinski definition) is 1. The van der Waals surface area contributed by atoms with Gasteiger partial charge in [0.05, 0.1) is 19.1 Å². The molecular weight excluding hydrogens is 368 g/mol. The Bertz CT molecular complexity index is 930. The van der Waals surface area contributed by atoms with Gasteiger partial charge in [-0.1, -0.05) is 30.3 Å². The molecule has 8 heteroatoms. The zero-order valence-electron chi connectivity index (χ0n) is 15.2. The van der Waals surface area contributed by atoms with Gasteiger partial charge in [0.2, 0.25) is 10.0 Å². The fraction of sp³-hybridized carbons (Fsp3) is 0.316. The minimum Gasteiger partial charge on any atom is -0.496 e. The van der Waals surface area contributed by atoms with E-state index < -0.39 is 16.0 Å². The number of esters is 1. The van der Waals surface area contributed by atoms with Gasteiger partial charge in [0, 0.05) is 25.0 Å². The van der Waals surface area contributed by atoms with Crippen molar-refractivity contribution in [2.75, 3.05) is 27.3 Å². The van der Waals surface area contributed by atoms with Gasteiger partial charge in [0.15, 0.2) is 0 Å². The van der Waals surface area contributed by atoms with Crippen molar-refractivity contribution in [3.05, 3.63) is 59.7 Å². The minimum absolute atomic E-state index is 0.00427. The molecule has 7 nitrogen and oxygen atoms in total. The molecule has 0 bridgehead atoms. The average Bonchev–Trinajstić information content (AvgIpc) is 3.10. The Morgan fingerprint density at radius 1 is 1.11 bits per heavy atom. The molecule has 144 valence electrons. The number of carbonyl (C=O) groups excluding carboxylic acids is 1. The summed E-state index contributed by atoms with van der Waals surface area (Å²) < 4.78 is 37.4. The third kappa shape index (κ3) is 3.69. The molecule has 0 aliphatic carbocycles. The third-order valence-electron chi connectivity index (χ3n) is 4.77. The lowest BCUT2D eigenvalue weighted by Crippen LogP contribution is -2.32. The summed E-state index contributed by atoms with van der Waals surface area (Å²) in [5.74, 6) is -0.496. The van der Waals surface area contributed by atoms with E-state index >= 15 is 0 Å². The van der Waals surface area contributed by atoms with Gasteiger partial charge in [-0.25, -0.2) is 13.2 Å². The number of hydrogen-bond acceptors (Lipinski definition) is 6. The van der Waals surface area contributed by atoms with Crippen molar-refractivity contribution in [1.29, 1.82) is 0 Å².